The molecule has 2 heterocycles. The summed E-state index contributed by atoms with van der Waals surface area (Å²) in [4.78, 5) is 60.8. The maximum absolute atomic E-state index is 13.9. The Hall–Kier alpha value is -3.31. The molecule has 2 aromatic rings. The first-order valence-electron chi connectivity index (χ1n) is 16.7. The molecular weight excluding hydrogens is 602 g/mol. The number of hydrogen-bond acceptors (Lipinski definition) is 7. The maximum Gasteiger partial charge on any atom is 0.311 e. The smallest absolute Gasteiger partial charge is 0.311 e. The fraction of sp³-hybridized carbons (Fsp3) is 0.629. The van der Waals surface area contributed by atoms with E-state index in [9.17, 15) is 24.3 Å². The lowest BCUT2D eigenvalue weighted by atomic mass is 9.80. The van der Waals surface area contributed by atoms with Crippen LogP contribution in [0.2, 0.25) is 0 Å². The van der Waals surface area contributed by atoms with Crippen LogP contribution < -0.4 is 10.6 Å². The van der Waals surface area contributed by atoms with Crippen LogP contribution in [0.4, 0.5) is 0 Å². The van der Waals surface area contributed by atoms with Crippen molar-refractivity contribution in [2.75, 3.05) is 20.6 Å². The first-order valence-corrected chi connectivity index (χ1v) is 17.6. The largest absolute Gasteiger partial charge is 0.481 e. The van der Waals surface area contributed by atoms with Gasteiger partial charge in [-0.05, 0) is 68.7 Å². The van der Waals surface area contributed by atoms with Gasteiger partial charge in [0.2, 0.25) is 11.8 Å². The molecule has 1 aliphatic carbocycles. The minimum atomic E-state index is -0.889. The van der Waals surface area contributed by atoms with Crippen molar-refractivity contribution in [3.05, 3.63) is 51.5 Å². The van der Waals surface area contributed by atoms with E-state index >= 15 is 0 Å². The van der Waals surface area contributed by atoms with E-state index in [-0.39, 0.29) is 47.7 Å². The number of thiazole rings is 1. The van der Waals surface area contributed by atoms with Crippen LogP contribution in [0.25, 0.3) is 0 Å². The number of rotatable bonds is 13. The molecule has 1 aliphatic heterocycles. The number of hydrogen-bond donors (Lipinski definition) is 3. The molecule has 0 unspecified atom stereocenters. The predicted octanol–water partition coefficient (Wildman–Crippen LogP) is 4.49. The van der Waals surface area contributed by atoms with E-state index in [1.165, 1.54) is 11.3 Å². The minimum absolute atomic E-state index is 0.0101. The number of carboxylic acids is 1. The number of amides is 3. The summed E-state index contributed by atoms with van der Waals surface area (Å²) in [6.45, 7) is 9.13. The molecule has 1 saturated heterocycles. The lowest BCUT2D eigenvalue weighted by Crippen LogP contribution is -2.57. The molecule has 0 bridgehead atoms. The number of likely N-dealkylation sites (tertiary alicyclic amines) is 1. The van der Waals surface area contributed by atoms with E-state index in [2.05, 4.69) is 34.4 Å². The molecule has 46 heavy (non-hydrogen) atoms. The Morgan fingerprint density at radius 2 is 1.89 bits per heavy atom. The third kappa shape index (κ3) is 8.53. The Labute approximate surface area is 277 Å². The topological polar surface area (TPSA) is 132 Å². The Kier molecular flexibility index (Phi) is 12.4. The van der Waals surface area contributed by atoms with Crippen LogP contribution >= 0.6 is 11.3 Å². The van der Waals surface area contributed by atoms with E-state index < -0.39 is 17.9 Å². The number of carbonyl (C=O) groups is 4. The van der Waals surface area contributed by atoms with Crippen molar-refractivity contribution in [1.82, 2.24) is 25.4 Å². The number of fused-ring (bicyclic) bond motifs is 1. The number of aromatic nitrogens is 1. The third-order valence-corrected chi connectivity index (χ3v) is 10.9. The van der Waals surface area contributed by atoms with Crippen molar-refractivity contribution >= 4 is 35.0 Å². The zero-order valence-corrected chi connectivity index (χ0v) is 28.9. The highest BCUT2D eigenvalue weighted by atomic mass is 32.1. The number of carbonyl (C=O) groups excluding carboxylic acids is 3. The van der Waals surface area contributed by atoms with Crippen molar-refractivity contribution < 1.29 is 24.3 Å². The zero-order chi connectivity index (χ0) is 33.5. The molecule has 252 valence electrons. The summed E-state index contributed by atoms with van der Waals surface area (Å²) in [6.07, 6.45) is 5.85. The molecular formula is C35H51N5O5S. The molecule has 3 N–H and O–H groups in total. The van der Waals surface area contributed by atoms with Crippen LogP contribution in [0, 0.1) is 11.8 Å². The molecule has 0 spiro atoms. The number of piperidine rings is 1. The van der Waals surface area contributed by atoms with Gasteiger partial charge in [-0.2, -0.15) is 0 Å². The molecule has 11 heteroatoms. The highest BCUT2D eigenvalue weighted by molar-refractivity contribution is 7.09. The molecule has 0 saturated carbocycles. The first kappa shape index (κ1) is 35.5. The second kappa shape index (κ2) is 16.0. The highest BCUT2D eigenvalue weighted by Gasteiger charge is 2.36. The summed E-state index contributed by atoms with van der Waals surface area (Å²) in [7, 11) is 3.80. The Morgan fingerprint density at radius 3 is 2.57 bits per heavy atom. The highest BCUT2D eigenvalue weighted by Crippen LogP contribution is 2.32. The van der Waals surface area contributed by atoms with Crippen molar-refractivity contribution in [2.24, 2.45) is 11.8 Å². The van der Waals surface area contributed by atoms with Gasteiger partial charge in [0.15, 0.2) is 0 Å². The van der Waals surface area contributed by atoms with E-state index in [4.69, 9.17) is 0 Å². The molecule has 3 amide bonds. The average Bonchev–Trinajstić information content (AvgIpc) is 3.51. The van der Waals surface area contributed by atoms with E-state index in [0.717, 1.165) is 48.4 Å². The quantitative estimate of drug-likeness (QED) is 0.290. The van der Waals surface area contributed by atoms with Crippen LogP contribution in [-0.4, -0.2) is 88.4 Å². The summed E-state index contributed by atoms with van der Waals surface area (Å²) in [5, 5.41) is 18.5. The van der Waals surface area contributed by atoms with E-state index in [0.29, 0.717) is 31.4 Å². The fourth-order valence-electron chi connectivity index (χ4n) is 6.92. The number of aryl methyl sites for hydroxylation is 1. The lowest BCUT2D eigenvalue weighted by Gasteiger charge is -2.37. The number of benzene rings is 1. The summed E-state index contributed by atoms with van der Waals surface area (Å²) >= 11 is 1.42. The van der Waals surface area contributed by atoms with Gasteiger partial charge in [-0.25, -0.2) is 4.98 Å². The Morgan fingerprint density at radius 1 is 1.15 bits per heavy atom. The van der Waals surface area contributed by atoms with Crippen molar-refractivity contribution in [2.45, 2.75) is 109 Å². The lowest BCUT2D eigenvalue weighted by molar-refractivity contribution is -0.141. The van der Waals surface area contributed by atoms with Gasteiger partial charge in [-0.15, -0.1) is 11.3 Å². The van der Waals surface area contributed by atoms with Gasteiger partial charge in [0.1, 0.15) is 11.7 Å². The maximum atomic E-state index is 13.9. The van der Waals surface area contributed by atoms with Gasteiger partial charge in [0.05, 0.1) is 17.0 Å². The molecule has 4 rings (SSSR count). The number of nitrogens with one attached hydrogen (secondary N) is 2. The Bertz CT molecular complexity index is 1380. The van der Waals surface area contributed by atoms with Crippen molar-refractivity contribution in [1.29, 1.82) is 0 Å². The van der Waals surface area contributed by atoms with Gasteiger partial charge in [0.25, 0.3) is 5.91 Å². The number of aliphatic carboxylic acids is 1. The fourth-order valence-corrected chi connectivity index (χ4v) is 7.71. The second-order valence-electron chi connectivity index (χ2n) is 13.5. The Balaban J connectivity index is 1.37. The molecule has 6 atom stereocenters. The summed E-state index contributed by atoms with van der Waals surface area (Å²) in [5.74, 6) is -1.84. The summed E-state index contributed by atoms with van der Waals surface area (Å²) < 4.78 is 0. The van der Waals surface area contributed by atoms with Crippen LogP contribution in [0.5, 0.6) is 0 Å². The predicted molar refractivity (Wildman–Crippen MR) is 180 cm³/mol. The standard InChI is InChI=1S/C35H51N5O5S/c1-7-22(4)31(38-33(42)29-14-10-11-17-39(29)5)34(43)40(6)28(21(2)3)15-16-30-37-27(20-46-30)32(41)36-24-18-23-12-8-9-13-25(23)26(19-24)35(44)45/h8-9,12-13,20-22,24,26,28-29,31H,7,10-11,14-19H2,1-6H3,(H,36,41)(H,38,42)(H,44,45)/t22-,24-,26+,28+,29+,31-/m0/s1. The second-order valence-corrected chi connectivity index (χ2v) is 14.4. The summed E-state index contributed by atoms with van der Waals surface area (Å²) in [5.41, 5.74) is 2.08. The van der Waals surface area contributed by atoms with Crippen LogP contribution in [0.3, 0.4) is 0 Å². The van der Waals surface area contributed by atoms with Crippen LogP contribution in [0.15, 0.2) is 29.6 Å². The van der Waals surface area contributed by atoms with Crippen molar-refractivity contribution in [3.63, 3.8) is 0 Å². The average molecular weight is 654 g/mol. The zero-order valence-electron chi connectivity index (χ0n) is 28.1. The van der Waals surface area contributed by atoms with Gasteiger partial charge in [-0.3, -0.25) is 24.1 Å². The summed E-state index contributed by atoms with van der Waals surface area (Å²) in [6, 6.07) is 6.34. The molecule has 0 radical (unpaired) electrons. The number of likely N-dealkylation sites (N-methyl/N-ethyl adjacent to an activating group) is 2. The first-order chi connectivity index (χ1) is 21.9. The number of nitrogens with zero attached hydrogens (tertiary/aromatic N) is 3. The van der Waals surface area contributed by atoms with Gasteiger partial charge in [0, 0.05) is 30.9 Å². The van der Waals surface area contributed by atoms with Gasteiger partial charge in [-0.1, -0.05) is 64.8 Å². The molecule has 1 aromatic carbocycles. The third-order valence-electron chi connectivity index (χ3n) is 9.95. The molecule has 1 aromatic heterocycles. The normalized spacial score (nSPS) is 21.9. The van der Waals surface area contributed by atoms with Crippen molar-refractivity contribution in [3.8, 4) is 0 Å². The number of carboxylic acid groups (broad SMARTS) is 1. The molecule has 2 aliphatic rings. The van der Waals surface area contributed by atoms with Gasteiger partial charge >= 0.3 is 5.97 Å². The van der Waals surface area contributed by atoms with E-state index in [1.807, 2.05) is 52.2 Å². The monoisotopic (exact) mass is 653 g/mol. The van der Waals surface area contributed by atoms with Crippen LogP contribution in [0.1, 0.15) is 98.8 Å². The molecule has 1 fully saturated rings. The minimum Gasteiger partial charge on any atom is -0.481 e. The van der Waals surface area contributed by atoms with Gasteiger partial charge < -0.3 is 20.6 Å². The van der Waals surface area contributed by atoms with Crippen LogP contribution in [-0.2, 0) is 27.2 Å². The molecule has 10 nitrogen and oxygen atoms in total. The van der Waals surface area contributed by atoms with E-state index in [1.54, 1.807) is 10.3 Å². The SMILES string of the molecule is CC[C@H](C)[C@H](NC(=O)[C@H]1CCCCN1C)C(=O)N(C)[C@H](CCc1nc(C(=O)N[C@H]2Cc3ccccc3[C@H](C(=O)O)C2)cs1)C(C)C.